The SMILES string of the molecule is CCNC(=NCc1cc(OC)ccc1O)NC1CCc2ncnn2C1.I. The van der Waals surface area contributed by atoms with Crippen molar-refractivity contribution >= 4 is 29.9 Å². The van der Waals surface area contributed by atoms with Crippen molar-refractivity contribution in [3.63, 3.8) is 0 Å². The highest BCUT2D eigenvalue weighted by molar-refractivity contribution is 14.0. The van der Waals surface area contributed by atoms with Gasteiger partial charge in [0.15, 0.2) is 5.96 Å². The number of rotatable bonds is 5. The first kappa shape index (κ1) is 20.3. The number of aromatic nitrogens is 3. The van der Waals surface area contributed by atoms with Crippen molar-refractivity contribution in [1.82, 2.24) is 25.4 Å². The summed E-state index contributed by atoms with van der Waals surface area (Å²) in [7, 11) is 1.60. The van der Waals surface area contributed by atoms with Gasteiger partial charge in [0.05, 0.1) is 20.2 Å². The van der Waals surface area contributed by atoms with Gasteiger partial charge in [-0.1, -0.05) is 0 Å². The van der Waals surface area contributed by atoms with E-state index in [0.717, 1.165) is 43.3 Å². The Hall–Kier alpha value is -2.04. The molecule has 0 spiro atoms. The van der Waals surface area contributed by atoms with Gasteiger partial charge in [0.2, 0.25) is 0 Å². The Morgan fingerprint density at radius 3 is 3.08 bits per heavy atom. The van der Waals surface area contributed by atoms with Crippen LogP contribution in [0.4, 0.5) is 0 Å². The van der Waals surface area contributed by atoms with E-state index in [1.807, 2.05) is 11.6 Å². The van der Waals surface area contributed by atoms with Gasteiger partial charge >= 0.3 is 0 Å². The van der Waals surface area contributed by atoms with Crippen molar-refractivity contribution in [3.05, 3.63) is 35.9 Å². The summed E-state index contributed by atoms with van der Waals surface area (Å²) in [4.78, 5) is 8.84. The summed E-state index contributed by atoms with van der Waals surface area (Å²) in [5, 5.41) is 20.9. The second kappa shape index (κ2) is 9.60. The van der Waals surface area contributed by atoms with E-state index in [4.69, 9.17) is 4.74 Å². The molecule has 2 heterocycles. The molecule has 0 amide bonds. The number of methoxy groups -OCH3 is 1. The van der Waals surface area contributed by atoms with E-state index in [1.165, 1.54) is 0 Å². The molecule has 0 radical (unpaired) electrons. The Morgan fingerprint density at radius 2 is 2.31 bits per heavy atom. The van der Waals surface area contributed by atoms with Crippen molar-refractivity contribution in [3.8, 4) is 11.5 Å². The van der Waals surface area contributed by atoms with Crippen LogP contribution in [0.5, 0.6) is 11.5 Å². The summed E-state index contributed by atoms with van der Waals surface area (Å²) >= 11 is 0. The summed E-state index contributed by atoms with van der Waals surface area (Å²) < 4.78 is 7.13. The third kappa shape index (κ3) is 4.99. The molecule has 0 saturated carbocycles. The lowest BCUT2D eigenvalue weighted by atomic mass is 10.1. The Morgan fingerprint density at radius 1 is 1.46 bits per heavy atom. The predicted molar refractivity (Wildman–Crippen MR) is 110 cm³/mol. The predicted octanol–water partition coefficient (Wildman–Crippen LogP) is 1.68. The zero-order valence-electron chi connectivity index (χ0n) is 15.0. The van der Waals surface area contributed by atoms with Gasteiger partial charge in [-0.3, -0.25) is 0 Å². The summed E-state index contributed by atoms with van der Waals surface area (Å²) in [5.41, 5.74) is 0.721. The largest absolute Gasteiger partial charge is 0.508 e. The van der Waals surface area contributed by atoms with Crippen LogP contribution in [0.25, 0.3) is 0 Å². The van der Waals surface area contributed by atoms with E-state index < -0.39 is 0 Å². The molecule has 0 bridgehead atoms. The molecule has 1 aliphatic rings. The van der Waals surface area contributed by atoms with Gasteiger partial charge in [-0.15, -0.1) is 24.0 Å². The standard InChI is InChI=1S/C17H24N6O2.HI/c1-3-18-17(19-9-12-8-14(25-2)5-6-15(12)24)22-13-4-7-16-20-11-21-23(16)10-13;/h5-6,8,11,13,24H,3-4,7,9-10H2,1-2H3,(H2,18,19,22);1H. The number of aromatic hydroxyl groups is 1. The number of fused-ring (bicyclic) bond motifs is 1. The fourth-order valence-corrected chi connectivity index (χ4v) is 2.85. The number of guanidine groups is 1. The molecule has 1 atom stereocenters. The van der Waals surface area contributed by atoms with Gasteiger partial charge < -0.3 is 20.5 Å². The van der Waals surface area contributed by atoms with E-state index >= 15 is 0 Å². The highest BCUT2D eigenvalue weighted by atomic mass is 127. The molecule has 142 valence electrons. The summed E-state index contributed by atoms with van der Waals surface area (Å²) in [6.07, 6.45) is 3.48. The number of hydrogen-bond donors (Lipinski definition) is 3. The third-order valence-corrected chi connectivity index (χ3v) is 4.18. The molecule has 1 unspecified atom stereocenters. The van der Waals surface area contributed by atoms with Crippen LogP contribution >= 0.6 is 24.0 Å². The number of phenolic OH excluding ortho intramolecular Hbond substituents is 1. The smallest absolute Gasteiger partial charge is 0.191 e. The number of ether oxygens (including phenoxy) is 1. The molecular weight excluding hydrogens is 447 g/mol. The van der Waals surface area contributed by atoms with Gasteiger partial charge in [0.1, 0.15) is 23.7 Å². The maximum atomic E-state index is 10.00. The lowest BCUT2D eigenvalue weighted by molar-refractivity contribution is 0.392. The van der Waals surface area contributed by atoms with Gasteiger partial charge in [0, 0.05) is 24.6 Å². The second-order valence-corrected chi connectivity index (χ2v) is 5.93. The molecule has 26 heavy (non-hydrogen) atoms. The minimum absolute atomic E-state index is 0. The second-order valence-electron chi connectivity index (χ2n) is 5.93. The van der Waals surface area contributed by atoms with Crippen LogP contribution in [0, 0.1) is 0 Å². The lowest BCUT2D eigenvalue weighted by Crippen LogP contribution is -2.47. The van der Waals surface area contributed by atoms with Gasteiger partial charge in [-0.2, -0.15) is 5.10 Å². The van der Waals surface area contributed by atoms with E-state index in [1.54, 1.807) is 31.6 Å². The fourth-order valence-electron chi connectivity index (χ4n) is 2.85. The maximum absolute atomic E-state index is 10.00. The first-order valence-electron chi connectivity index (χ1n) is 8.47. The molecule has 0 saturated heterocycles. The highest BCUT2D eigenvalue weighted by Gasteiger charge is 2.20. The molecule has 1 aromatic heterocycles. The van der Waals surface area contributed by atoms with Gasteiger partial charge in [-0.05, 0) is 31.5 Å². The third-order valence-electron chi connectivity index (χ3n) is 4.18. The summed E-state index contributed by atoms with van der Waals surface area (Å²) in [5.74, 6) is 2.66. The minimum Gasteiger partial charge on any atom is -0.508 e. The Labute approximate surface area is 170 Å². The van der Waals surface area contributed by atoms with E-state index in [2.05, 4.69) is 25.7 Å². The minimum atomic E-state index is 0. The van der Waals surface area contributed by atoms with Crippen LogP contribution in [0.2, 0.25) is 0 Å². The Bertz CT molecular complexity index is 749. The van der Waals surface area contributed by atoms with Crippen LogP contribution < -0.4 is 15.4 Å². The first-order valence-corrected chi connectivity index (χ1v) is 8.47. The molecular formula is C17H25IN6O2. The van der Waals surface area contributed by atoms with E-state index in [-0.39, 0.29) is 35.8 Å². The van der Waals surface area contributed by atoms with E-state index in [9.17, 15) is 5.11 Å². The maximum Gasteiger partial charge on any atom is 0.191 e. The number of aryl methyl sites for hydroxylation is 1. The number of phenols is 1. The number of benzene rings is 1. The Balaban J connectivity index is 0.00000243. The Kier molecular flexibility index (Phi) is 7.49. The van der Waals surface area contributed by atoms with Crippen LogP contribution in [0.3, 0.4) is 0 Å². The molecule has 9 heteroatoms. The van der Waals surface area contributed by atoms with Crippen molar-refractivity contribution in [2.45, 2.75) is 38.9 Å². The molecule has 3 N–H and O–H groups in total. The number of nitrogens with one attached hydrogen (secondary N) is 2. The summed E-state index contributed by atoms with van der Waals surface area (Å²) in [6.45, 7) is 3.91. The van der Waals surface area contributed by atoms with Crippen LogP contribution in [0.15, 0.2) is 29.5 Å². The van der Waals surface area contributed by atoms with E-state index in [0.29, 0.717) is 12.3 Å². The first-order chi connectivity index (χ1) is 12.2. The van der Waals surface area contributed by atoms with Gasteiger partial charge in [0.25, 0.3) is 0 Å². The van der Waals surface area contributed by atoms with Crippen molar-refractivity contribution < 1.29 is 9.84 Å². The van der Waals surface area contributed by atoms with Gasteiger partial charge in [-0.25, -0.2) is 14.7 Å². The quantitative estimate of drug-likeness (QED) is 0.348. The molecule has 8 nitrogen and oxygen atoms in total. The summed E-state index contributed by atoms with van der Waals surface area (Å²) in [6, 6.07) is 5.39. The van der Waals surface area contributed by atoms with Crippen molar-refractivity contribution in [2.24, 2.45) is 4.99 Å². The fraction of sp³-hybridized carbons (Fsp3) is 0.471. The van der Waals surface area contributed by atoms with Crippen molar-refractivity contribution in [2.75, 3.05) is 13.7 Å². The lowest BCUT2D eigenvalue weighted by Gasteiger charge is -2.25. The highest BCUT2D eigenvalue weighted by Crippen LogP contribution is 2.23. The zero-order valence-corrected chi connectivity index (χ0v) is 17.3. The molecule has 3 rings (SSSR count). The number of halogens is 1. The normalized spacial score (nSPS) is 16.4. The molecule has 1 aliphatic heterocycles. The van der Waals surface area contributed by atoms with Crippen LogP contribution in [-0.2, 0) is 19.5 Å². The number of hydrogen-bond acceptors (Lipinski definition) is 5. The number of aliphatic imine (C=N–C) groups is 1. The monoisotopic (exact) mass is 472 g/mol. The molecule has 0 fully saturated rings. The van der Waals surface area contributed by atoms with Crippen LogP contribution in [0.1, 0.15) is 24.7 Å². The zero-order chi connectivity index (χ0) is 17.6. The molecule has 2 aromatic rings. The molecule has 0 aliphatic carbocycles. The van der Waals surface area contributed by atoms with Crippen molar-refractivity contribution in [1.29, 1.82) is 0 Å². The van der Waals surface area contributed by atoms with Crippen LogP contribution in [-0.4, -0.2) is 45.5 Å². The average Bonchev–Trinajstić information content (AvgIpc) is 3.09. The topological polar surface area (TPSA) is 96.6 Å². The average molecular weight is 472 g/mol. The number of nitrogens with zero attached hydrogens (tertiary/aromatic N) is 4. The molecule has 1 aromatic carbocycles.